The van der Waals surface area contributed by atoms with Crippen molar-refractivity contribution in [2.75, 3.05) is 5.43 Å². The summed E-state index contributed by atoms with van der Waals surface area (Å²) in [7, 11) is 0. The van der Waals surface area contributed by atoms with Crippen LogP contribution in [-0.2, 0) is 0 Å². The zero-order valence-corrected chi connectivity index (χ0v) is 10.7. The fraction of sp³-hybridized carbons (Fsp3) is 0.143. The van der Waals surface area contributed by atoms with E-state index in [2.05, 4.69) is 10.5 Å². The molecule has 2 aromatic rings. The van der Waals surface area contributed by atoms with Gasteiger partial charge < -0.3 is 9.52 Å². The van der Waals surface area contributed by atoms with Crippen molar-refractivity contribution in [2.24, 2.45) is 5.10 Å². The van der Waals surface area contributed by atoms with Crippen LogP contribution in [0.5, 0.6) is 5.75 Å². The molecule has 5 nitrogen and oxygen atoms in total. The van der Waals surface area contributed by atoms with Gasteiger partial charge in [0.05, 0.1) is 11.4 Å². The Morgan fingerprint density at radius 2 is 2.00 bits per heavy atom. The molecule has 0 aliphatic rings. The number of nitrogens with one attached hydrogen (secondary N) is 1. The maximum absolute atomic E-state index is 11.7. The lowest BCUT2D eigenvalue weighted by Gasteiger charge is -2.04. The van der Waals surface area contributed by atoms with Crippen LogP contribution < -0.4 is 11.1 Å². The Morgan fingerprint density at radius 3 is 2.63 bits per heavy atom. The average Bonchev–Trinajstić information content (AvgIpc) is 2.36. The van der Waals surface area contributed by atoms with Gasteiger partial charge in [-0.05, 0) is 26.0 Å². The SMILES string of the molecule is C/C(=N\Nc1ccccc1)c1c(O)cc(C)oc1=O. The van der Waals surface area contributed by atoms with Crippen molar-refractivity contribution in [2.45, 2.75) is 13.8 Å². The van der Waals surface area contributed by atoms with E-state index in [1.807, 2.05) is 30.3 Å². The molecule has 19 heavy (non-hydrogen) atoms. The van der Waals surface area contributed by atoms with E-state index in [9.17, 15) is 9.90 Å². The molecule has 1 aromatic carbocycles. The van der Waals surface area contributed by atoms with Crippen LogP contribution in [0.15, 0.2) is 50.7 Å². The minimum Gasteiger partial charge on any atom is -0.507 e. The van der Waals surface area contributed by atoms with E-state index in [1.165, 1.54) is 6.07 Å². The summed E-state index contributed by atoms with van der Waals surface area (Å²) in [5.74, 6) is 0.222. The van der Waals surface area contributed by atoms with Crippen molar-refractivity contribution in [1.82, 2.24) is 0 Å². The van der Waals surface area contributed by atoms with E-state index in [0.717, 1.165) is 5.69 Å². The van der Waals surface area contributed by atoms with Crippen LogP contribution in [-0.4, -0.2) is 10.8 Å². The number of rotatable bonds is 3. The van der Waals surface area contributed by atoms with E-state index in [0.29, 0.717) is 11.5 Å². The lowest BCUT2D eigenvalue weighted by molar-refractivity contribution is 0.432. The molecule has 0 amide bonds. The average molecular weight is 258 g/mol. The van der Waals surface area contributed by atoms with Crippen LogP contribution in [0.25, 0.3) is 0 Å². The first kappa shape index (κ1) is 12.9. The molecule has 0 saturated heterocycles. The number of benzene rings is 1. The summed E-state index contributed by atoms with van der Waals surface area (Å²) < 4.78 is 4.94. The number of aromatic hydroxyl groups is 1. The predicted octanol–water partition coefficient (Wildman–Crippen LogP) is 2.49. The van der Waals surface area contributed by atoms with Crippen LogP contribution in [0, 0.1) is 6.92 Å². The van der Waals surface area contributed by atoms with Crippen molar-refractivity contribution in [3.63, 3.8) is 0 Å². The van der Waals surface area contributed by atoms with Crippen LogP contribution in [0.4, 0.5) is 5.69 Å². The smallest absolute Gasteiger partial charge is 0.348 e. The second-order valence-corrected chi connectivity index (χ2v) is 4.08. The summed E-state index contributed by atoms with van der Waals surface area (Å²) >= 11 is 0. The number of para-hydroxylation sites is 1. The molecular weight excluding hydrogens is 244 g/mol. The lowest BCUT2D eigenvalue weighted by atomic mass is 10.2. The summed E-state index contributed by atoms with van der Waals surface area (Å²) in [5.41, 5.74) is 3.42. The highest BCUT2D eigenvalue weighted by Crippen LogP contribution is 2.15. The number of anilines is 1. The third-order valence-corrected chi connectivity index (χ3v) is 2.54. The zero-order chi connectivity index (χ0) is 13.8. The van der Waals surface area contributed by atoms with Gasteiger partial charge >= 0.3 is 5.63 Å². The lowest BCUT2D eigenvalue weighted by Crippen LogP contribution is -2.14. The molecule has 0 unspecified atom stereocenters. The summed E-state index contributed by atoms with van der Waals surface area (Å²) in [6, 6.07) is 10.7. The van der Waals surface area contributed by atoms with Crippen LogP contribution in [0.2, 0.25) is 0 Å². The predicted molar refractivity (Wildman–Crippen MR) is 73.7 cm³/mol. The summed E-state index contributed by atoms with van der Waals surface area (Å²) in [4.78, 5) is 11.7. The molecule has 5 heteroatoms. The molecule has 0 atom stereocenters. The highest BCUT2D eigenvalue weighted by atomic mass is 16.4. The summed E-state index contributed by atoms with van der Waals surface area (Å²) in [5, 5.41) is 13.8. The third kappa shape index (κ3) is 3.01. The number of hydrogen-bond acceptors (Lipinski definition) is 5. The largest absolute Gasteiger partial charge is 0.507 e. The Labute approximate surface area is 110 Å². The number of aryl methyl sites for hydroxylation is 1. The first-order chi connectivity index (χ1) is 9.08. The van der Waals surface area contributed by atoms with E-state index < -0.39 is 5.63 Å². The molecule has 0 bridgehead atoms. The van der Waals surface area contributed by atoms with Crippen molar-refractivity contribution in [3.8, 4) is 5.75 Å². The molecule has 1 heterocycles. The van der Waals surface area contributed by atoms with Gasteiger partial charge in [0.1, 0.15) is 17.1 Å². The second-order valence-electron chi connectivity index (χ2n) is 4.08. The topological polar surface area (TPSA) is 74.8 Å². The van der Waals surface area contributed by atoms with Crippen molar-refractivity contribution < 1.29 is 9.52 Å². The molecule has 1 aromatic heterocycles. The van der Waals surface area contributed by atoms with Gasteiger partial charge in [0.25, 0.3) is 0 Å². The van der Waals surface area contributed by atoms with Gasteiger partial charge in [0.15, 0.2) is 0 Å². The standard InChI is InChI=1S/C14H14N2O3/c1-9-8-12(17)13(14(18)19-9)10(2)15-16-11-6-4-3-5-7-11/h3-8,16-17H,1-2H3/b15-10+. The first-order valence-electron chi connectivity index (χ1n) is 5.77. The van der Waals surface area contributed by atoms with Gasteiger partial charge in [-0.3, -0.25) is 5.43 Å². The molecular formula is C14H14N2O3. The van der Waals surface area contributed by atoms with Gasteiger partial charge in [0.2, 0.25) is 0 Å². The fourth-order valence-corrected chi connectivity index (χ4v) is 1.65. The van der Waals surface area contributed by atoms with Crippen molar-refractivity contribution in [1.29, 1.82) is 0 Å². The Bertz CT molecular complexity index is 660. The summed E-state index contributed by atoms with van der Waals surface area (Å²) in [6.45, 7) is 3.22. The molecule has 0 aliphatic carbocycles. The molecule has 98 valence electrons. The quantitative estimate of drug-likeness (QED) is 0.655. The van der Waals surface area contributed by atoms with E-state index in [-0.39, 0.29) is 11.3 Å². The fourth-order valence-electron chi connectivity index (χ4n) is 1.65. The second kappa shape index (κ2) is 5.39. The minimum absolute atomic E-state index is 0.0639. The molecule has 0 aliphatic heterocycles. The Kier molecular flexibility index (Phi) is 3.66. The van der Waals surface area contributed by atoms with Crippen LogP contribution in [0.1, 0.15) is 18.2 Å². The molecule has 0 spiro atoms. The first-order valence-corrected chi connectivity index (χ1v) is 5.77. The third-order valence-electron chi connectivity index (χ3n) is 2.54. The highest BCUT2D eigenvalue weighted by Gasteiger charge is 2.12. The molecule has 0 saturated carbocycles. The molecule has 0 fully saturated rings. The van der Waals surface area contributed by atoms with Crippen molar-refractivity contribution in [3.05, 3.63) is 58.1 Å². The Morgan fingerprint density at radius 1 is 1.32 bits per heavy atom. The molecule has 2 rings (SSSR count). The maximum atomic E-state index is 11.7. The van der Waals surface area contributed by atoms with Gasteiger partial charge in [-0.2, -0.15) is 5.10 Å². The Balaban J connectivity index is 2.30. The van der Waals surface area contributed by atoms with Crippen molar-refractivity contribution >= 4 is 11.4 Å². The normalized spacial score (nSPS) is 11.4. The molecule has 0 radical (unpaired) electrons. The maximum Gasteiger partial charge on any atom is 0.348 e. The van der Waals surface area contributed by atoms with Gasteiger partial charge in [-0.1, -0.05) is 18.2 Å². The minimum atomic E-state index is -0.603. The Hall–Kier alpha value is -2.56. The van der Waals surface area contributed by atoms with Gasteiger partial charge in [0, 0.05) is 6.07 Å². The zero-order valence-electron chi connectivity index (χ0n) is 10.7. The number of nitrogens with zero attached hydrogens (tertiary/aromatic N) is 1. The van der Waals surface area contributed by atoms with E-state index >= 15 is 0 Å². The van der Waals surface area contributed by atoms with Crippen LogP contribution in [0.3, 0.4) is 0 Å². The summed E-state index contributed by atoms with van der Waals surface area (Å²) in [6.07, 6.45) is 0. The highest BCUT2D eigenvalue weighted by molar-refractivity contribution is 6.00. The van der Waals surface area contributed by atoms with E-state index in [4.69, 9.17) is 4.42 Å². The van der Waals surface area contributed by atoms with Crippen LogP contribution >= 0.6 is 0 Å². The number of hydrazone groups is 1. The monoisotopic (exact) mass is 258 g/mol. The molecule has 2 N–H and O–H groups in total. The number of hydrogen-bond donors (Lipinski definition) is 2. The van der Waals surface area contributed by atoms with E-state index in [1.54, 1.807) is 13.8 Å². The van der Waals surface area contributed by atoms with Gasteiger partial charge in [-0.25, -0.2) is 4.79 Å². The van der Waals surface area contributed by atoms with Gasteiger partial charge in [-0.15, -0.1) is 0 Å².